The zero-order chi connectivity index (χ0) is 18.2. The number of ether oxygens (including phenoxy) is 1. The van der Waals surface area contributed by atoms with Crippen molar-refractivity contribution in [2.75, 3.05) is 6.61 Å². The number of carbonyl (C=O) groups is 1. The molecule has 2 aromatic rings. The van der Waals surface area contributed by atoms with Crippen molar-refractivity contribution in [1.29, 1.82) is 0 Å². The van der Waals surface area contributed by atoms with Crippen LogP contribution >= 0.6 is 0 Å². The van der Waals surface area contributed by atoms with Gasteiger partial charge in [-0.25, -0.2) is 4.79 Å². The molecule has 2 N–H and O–H groups in total. The van der Waals surface area contributed by atoms with Crippen molar-refractivity contribution < 1.29 is 27.8 Å². The highest BCUT2D eigenvalue weighted by Gasteiger charge is 2.35. The van der Waals surface area contributed by atoms with Crippen molar-refractivity contribution in [2.45, 2.75) is 25.1 Å². The van der Waals surface area contributed by atoms with Crippen LogP contribution in [0.1, 0.15) is 24.5 Å². The highest BCUT2D eigenvalue weighted by atomic mass is 19.4. The summed E-state index contributed by atoms with van der Waals surface area (Å²) < 4.78 is 44.3. The number of amides is 1. The predicted octanol–water partition coefficient (Wildman–Crippen LogP) is 4.64. The van der Waals surface area contributed by atoms with E-state index in [2.05, 4.69) is 5.32 Å². The van der Waals surface area contributed by atoms with Gasteiger partial charge in [0.25, 0.3) is 0 Å². The normalized spacial score (nSPS) is 19.7. The van der Waals surface area contributed by atoms with E-state index < -0.39 is 23.4 Å². The number of rotatable bonds is 2. The van der Waals surface area contributed by atoms with Crippen molar-refractivity contribution in [3.05, 3.63) is 53.6 Å². The van der Waals surface area contributed by atoms with E-state index in [0.29, 0.717) is 35.5 Å². The van der Waals surface area contributed by atoms with E-state index >= 15 is 0 Å². The Morgan fingerprint density at radius 3 is 2.60 bits per heavy atom. The molecule has 0 fully saturated rings. The first-order chi connectivity index (χ1) is 11.7. The maximum atomic E-state index is 12.9. The largest absolute Gasteiger partial charge is 0.493 e. The van der Waals surface area contributed by atoms with E-state index in [4.69, 9.17) is 9.84 Å². The molecule has 0 spiro atoms. The van der Waals surface area contributed by atoms with Crippen LogP contribution in [-0.4, -0.2) is 17.8 Å². The van der Waals surface area contributed by atoms with Crippen molar-refractivity contribution in [3.8, 4) is 16.9 Å². The number of fused-ring (bicyclic) bond motifs is 1. The molecule has 132 valence electrons. The molecule has 1 amide bonds. The first kappa shape index (κ1) is 17.1. The summed E-state index contributed by atoms with van der Waals surface area (Å²) in [6, 6.07) is 10.1. The first-order valence-corrected chi connectivity index (χ1v) is 7.65. The standard InChI is InChI=1S/C18H16F3NO3/c1-17(22-16(23)24)7-8-25-15-10-12(5-6-14(15)17)11-3-2-4-13(9-11)18(19,20)21/h2-6,9-10,22H,7-8H2,1H3,(H,23,24). The third kappa shape index (κ3) is 3.40. The second kappa shape index (κ2) is 5.98. The molecule has 0 saturated carbocycles. The Morgan fingerprint density at radius 2 is 1.92 bits per heavy atom. The fraction of sp³-hybridized carbons (Fsp3) is 0.278. The van der Waals surface area contributed by atoms with E-state index in [1.54, 1.807) is 31.2 Å². The molecule has 0 aliphatic carbocycles. The third-order valence-corrected chi connectivity index (χ3v) is 4.34. The lowest BCUT2D eigenvalue weighted by molar-refractivity contribution is -0.137. The summed E-state index contributed by atoms with van der Waals surface area (Å²) in [5.41, 5.74) is 0.133. The predicted molar refractivity (Wildman–Crippen MR) is 85.5 cm³/mol. The molecule has 0 saturated heterocycles. The average molecular weight is 351 g/mol. The van der Waals surface area contributed by atoms with Crippen LogP contribution in [0.2, 0.25) is 0 Å². The van der Waals surface area contributed by atoms with E-state index in [9.17, 15) is 18.0 Å². The zero-order valence-corrected chi connectivity index (χ0v) is 13.4. The maximum Gasteiger partial charge on any atom is 0.416 e. The molecule has 7 heteroatoms. The number of hydrogen-bond acceptors (Lipinski definition) is 2. The topological polar surface area (TPSA) is 58.6 Å². The number of hydrogen-bond donors (Lipinski definition) is 2. The van der Waals surface area contributed by atoms with Crippen LogP contribution in [0.3, 0.4) is 0 Å². The van der Waals surface area contributed by atoms with Gasteiger partial charge in [0, 0.05) is 12.0 Å². The number of nitrogens with one attached hydrogen (secondary N) is 1. The summed E-state index contributed by atoms with van der Waals surface area (Å²) in [7, 11) is 0. The third-order valence-electron chi connectivity index (χ3n) is 4.34. The van der Waals surface area contributed by atoms with Crippen LogP contribution in [0, 0.1) is 0 Å². The van der Waals surface area contributed by atoms with Crippen LogP contribution < -0.4 is 10.1 Å². The molecule has 25 heavy (non-hydrogen) atoms. The Morgan fingerprint density at radius 1 is 1.20 bits per heavy atom. The summed E-state index contributed by atoms with van der Waals surface area (Å²) in [6.45, 7) is 2.07. The van der Waals surface area contributed by atoms with Crippen LogP contribution in [0.15, 0.2) is 42.5 Å². The van der Waals surface area contributed by atoms with Gasteiger partial charge in [-0.1, -0.05) is 24.3 Å². The Bertz CT molecular complexity index is 819. The van der Waals surface area contributed by atoms with Crippen LogP contribution in [-0.2, 0) is 11.7 Å². The number of halogens is 3. The molecule has 1 aliphatic rings. The molecule has 2 aromatic carbocycles. The second-order valence-electron chi connectivity index (χ2n) is 6.15. The highest BCUT2D eigenvalue weighted by Crippen LogP contribution is 2.40. The van der Waals surface area contributed by atoms with Crippen LogP contribution in [0.25, 0.3) is 11.1 Å². The van der Waals surface area contributed by atoms with Gasteiger partial charge >= 0.3 is 12.3 Å². The second-order valence-corrected chi connectivity index (χ2v) is 6.15. The molecule has 1 heterocycles. The SMILES string of the molecule is CC1(NC(=O)O)CCOc2cc(-c3cccc(C(F)(F)F)c3)ccc21. The Hall–Kier alpha value is -2.70. The lowest BCUT2D eigenvalue weighted by atomic mass is 9.85. The number of benzene rings is 2. The van der Waals surface area contributed by atoms with Crippen LogP contribution in [0.5, 0.6) is 5.75 Å². The molecule has 0 bridgehead atoms. The maximum absolute atomic E-state index is 12.9. The highest BCUT2D eigenvalue weighted by molar-refractivity contribution is 5.70. The van der Waals surface area contributed by atoms with Gasteiger partial charge < -0.3 is 15.2 Å². The van der Waals surface area contributed by atoms with Crippen molar-refractivity contribution in [1.82, 2.24) is 5.32 Å². The molecule has 1 aliphatic heterocycles. The monoisotopic (exact) mass is 351 g/mol. The Kier molecular flexibility index (Phi) is 4.10. The molecule has 0 aromatic heterocycles. The van der Waals surface area contributed by atoms with Gasteiger partial charge in [-0.3, -0.25) is 0 Å². The first-order valence-electron chi connectivity index (χ1n) is 7.65. The quantitative estimate of drug-likeness (QED) is 0.829. The molecular weight excluding hydrogens is 335 g/mol. The van der Waals surface area contributed by atoms with Gasteiger partial charge in [0.15, 0.2) is 0 Å². The fourth-order valence-corrected chi connectivity index (χ4v) is 3.02. The summed E-state index contributed by atoms with van der Waals surface area (Å²) in [4.78, 5) is 11.0. The van der Waals surface area contributed by atoms with Gasteiger partial charge in [0.05, 0.1) is 17.7 Å². The van der Waals surface area contributed by atoms with Gasteiger partial charge in [-0.15, -0.1) is 0 Å². The summed E-state index contributed by atoms with van der Waals surface area (Å²) >= 11 is 0. The summed E-state index contributed by atoms with van der Waals surface area (Å²) in [6.07, 6.45) is -5.09. The minimum absolute atomic E-state index is 0.315. The van der Waals surface area contributed by atoms with Gasteiger partial charge in [0.2, 0.25) is 0 Å². The average Bonchev–Trinajstić information content (AvgIpc) is 2.53. The van der Waals surface area contributed by atoms with Crippen molar-refractivity contribution in [3.63, 3.8) is 0 Å². The lowest BCUT2D eigenvalue weighted by Crippen LogP contribution is -2.46. The fourth-order valence-electron chi connectivity index (χ4n) is 3.02. The molecular formula is C18H16F3NO3. The molecule has 3 rings (SSSR count). The van der Waals surface area contributed by atoms with E-state index in [-0.39, 0.29) is 0 Å². The lowest BCUT2D eigenvalue weighted by Gasteiger charge is -2.35. The zero-order valence-electron chi connectivity index (χ0n) is 13.4. The Labute approximate surface area is 142 Å². The Balaban J connectivity index is 2.01. The van der Waals surface area contributed by atoms with E-state index in [1.807, 2.05) is 0 Å². The molecule has 1 unspecified atom stereocenters. The van der Waals surface area contributed by atoms with Gasteiger partial charge in [0.1, 0.15) is 5.75 Å². The van der Waals surface area contributed by atoms with Crippen LogP contribution in [0.4, 0.5) is 18.0 Å². The molecule has 1 atom stereocenters. The van der Waals surface area contributed by atoms with Crippen molar-refractivity contribution in [2.24, 2.45) is 0 Å². The number of alkyl halides is 3. The number of carboxylic acid groups (broad SMARTS) is 1. The van der Waals surface area contributed by atoms with Gasteiger partial charge in [-0.2, -0.15) is 13.2 Å². The van der Waals surface area contributed by atoms with E-state index in [1.165, 1.54) is 6.07 Å². The van der Waals surface area contributed by atoms with Crippen molar-refractivity contribution >= 4 is 6.09 Å². The van der Waals surface area contributed by atoms with E-state index in [0.717, 1.165) is 12.1 Å². The smallest absolute Gasteiger partial charge is 0.416 e. The summed E-state index contributed by atoms with van der Waals surface area (Å²) in [5.74, 6) is 0.470. The summed E-state index contributed by atoms with van der Waals surface area (Å²) in [5, 5.41) is 11.5. The minimum Gasteiger partial charge on any atom is -0.493 e. The minimum atomic E-state index is -4.41. The molecule has 0 radical (unpaired) electrons. The molecule has 4 nitrogen and oxygen atoms in total. The van der Waals surface area contributed by atoms with Gasteiger partial charge in [-0.05, 0) is 36.2 Å².